The molecule has 1 fully saturated rings. The van der Waals surface area contributed by atoms with E-state index in [-0.39, 0.29) is 35.6 Å². The summed E-state index contributed by atoms with van der Waals surface area (Å²) in [7, 11) is 0. The van der Waals surface area contributed by atoms with Crippen LogP contribution in [0.15, 0.2) is 60.8 Å². The van der Waals surface area contributed by atoms with Gasteiger partial charge in [0.2, 0.25) is 0 Å². The Balaban J connectivity index is 1.40. The van der Waals surface area contributed by atoms with Gasteiger partial charge < -0.3 is 21.1 Å². The lowest BCUT2D eigenvalue weighted by atomic mass is 9.87. The van der Waals surface area contributed by atoms with Gasteiger partial charge in [0.05, 0.1) is 5.69 Å². The van der Waals surface area contributed by atoms with Crippen LogP contribution in [0, 0.1) is 12.8 Å². The number of amides is 1. The Labute approximate surface area is 248 Å². The first-order valence-electron chi connectivity index (χ1n) is 14.2. The fourth-order valence-corrected chi connectivity index (χ4v) is 5.60. The van der Waals surface area contributed by atoms with Crippen molar-refractivity contribution in [2.45, 2.75) is 57.8 Å². The summed E-state index contributed by atoms with van der Waals surface area (Å²) < 4.78 is 38.9. The molecule has 2 atom stereocenters. The predicted molar refractivity (Wildman–Crippen MR) is 156 cm³/mol. The van der Waals surface area contributed by atoms with Gasteiger partial charge >= 0.3 is 12.1 Å². The van der Waals surface area contributed by atoms with Crippen LogP contribution >= 0.6 is 0 Å². The van der Waals surface area contributed by atoms with Gasteiger partial charge in [-0.2, -0.15) is 13.2 Å². The van der Waals surface area contributed by atoms with Gasteiger partial charge in [0, 0.05) is 48.6 Å². The maximum absolute atomic E-state index is 13.2. The van der Waals surface area contributed by atoms with Crippen LogP contribution in [0.3, 0.4) is 0 Å². The first-order valence-corrected chi connectivity index (χ1v) is 14.2. The van der Waals surface area contributed by atoms with E-state index in [1.54, 1.807) is 13.1 Å². The molecule has 4 rings (SSSR count). The molecule has 0 radical (unpaired) electrons. The summed E-state index contributed by atoms with van der Waals surface area (Å²) in [5.74, 6) is -3.65. The van der Waals surface area contributed by atoms with Gasteiger partial charge in [0.15, 0.2) is 0 Å². The van der Waals surface area contributed by atoms with E-state index in [0.717, 1.165) is 49.4 Å². The molecule has 8 nitrogen and oxygen atoms in total. The number of nitrogens with one attached hydrogen (secondary N) is 1. The number of nitrogens with two attached hydrogens (primary N) is 1. The maximum atomic E-state index is 13.2. The molecule has 2 heterocycles. The number of halogens is 3. The number of aliphatic carboxylic acids is 1. The van der Waals surface area contributed by atoms with Gasteiger partial charge in [-0.1, -0.05) is 25.1 Å². The second-order valence-corrected chi connectivity index (χ2v) is 10.8. The third kappa shape index (κ3) is 7.59. The molecule has 1 aromatic heterocycles. The maximum Gasteiger partial charge on any atom is 0.454 e. The molecule has 1 saturated heterocycles. The minimum Gasteiger partial charge on any atom is -0.480 e. The average molecular weight is 597 g/mol. The highest BCUT2D eigenvalue weighted by Crippen LogP contribution is 2.31. The summed E-state index contributed by atoms with van der Waals surface area (Å²) in [6, 6.07) is 13.9. The molecule has 228 valence electrons. The number of pyridine rings is 1. The Morgan fingerprint density at radius 1 is 1.09 bits per heavy atom. The van der Waals surface area contributed by atoms with Gasteiger partial charge in [-0.15, -0.1) is 0 Å². The number of nitrogens with zero attached hydrogens (tertiary/aromatic N) is 2. The van der Waals surface area contributed by atoms with Gasteiger partial charge in [0.1, 0.15) is 6.04 Å². The molecule has 0 aliphatic carbocycles. The zero-order valence-electron chi connectivity index (χ0n) is 24.0. The smallest absolute Gasteiger partial charge is 0.454 e. The quantitative estimate of drug-likeness (QED) is 0.280. The Bertz CT molecular complexity index is 1450. The highest BCUT2D eigenvalue weighted by Gasteiger charge is 2.40. The number of Topliss-reactive ketones (excluding diaryl/α,β-unsaturated/α-hetero) is 1. The van der Waals surface area contributed by atoms with E-state index in [2.05, 4.69) is 15.2 Å². The highest BCUT2D eigenvalue weighted by molar-refractivity contribution is 6.04. The van der Waals surface area contributed by atoms with E-state index in [4.69, 9.17) is 5.73 Å². The van der Waals surface area contributed by atoms with E-state index in [9.17, 15) is 32.7 Å². The number of carboxylic acids is 1. The van der Waals surface area contributed by atoms with Crippen molar-refractivity contribution in [3.05, 3.63) is 94.3 Å². The molecule has 3 aromatic rings. The summed E-state index contributed by atoms with van der Waals surface area (Å²) in [4.78, 5) is 43.6. The van der Waals surface area contributed by atoms with Gasteiger partial charge in [-0.25, -0.2) is 4.79 Å². The van der Waals surface area contributed by atoms with Gasteiger partial charge in [-0.3, -0.25) is 14.6 Å². The minimum absolute atomic E-state index is 0.00745. The Kier molecular flexibility index (Phi) is 9.85. The van der Waals surface area contributed by atoms with E-state index in [1.165, 1.54) is 6.92 Å². The zero-order valence-corrected chi connectivity index (χ0v) is 24.0. The molecule has 0 bridgehead atoms. The van der Waals surface area contributed by atoms with Crippen LogP contribution < -0.4 is 16.0 Å². The van der Waals surface area contributed by atoms with Crippen molar-refractivity contribution in [1.29, 1.82) is 0 Å². The van der Waals surface area contributed by atoms with Crippen LogP contribution in [0.1, 0.15) is 68.9 Å². The molecular formula is C32H35F3N4O4. The first-order chi connectivity index (χ1) is 20.4. The van der Waals surface area contributed by atoms with Crippen molar-refractivity contribution in [2.24, 2.45) is 11.7 Å². The number of alkyl halides is 3. The van der Waals surface area contributed by atoms with Crippen LogP contribution in [0.4, 0.5) is 18.9 Å². The number of hydrogen-bond acceptors (Lipinski definition) is 6. The number of carboxylic acid groups (broad SMARTS) is 1. The first kappa shape index (κ1) is 31.7. The largest absolute Gasteiger partial charge is 0.480 e. The molecule has 43 heavy (non-hydrogen) atoms. The number of hydrogen-bond donors (Lipinski definition) is 3. The number of rotatable bonds is 10. The monoisotopic (exact) mass is 596 g/mol. The third-order valence-corrected chi connectivity index (χ3v) is 7.97. The molecule has 0 spiro atoms. The molecule has 1 amide bonds. The summed E-state index contributed by atoms with van der Waals surface area (Å²) in [6.45, 7) is 4.71. The Morgan fingerprint density at radius 3 is 2.33 bits per heavy atom. The molecule has 11 heteroatoms. The fourth-order valence-electron chi connectivity index (χ4n) is 5.60. The van der Waals surface area contributed by atoms with E-state index in [0.29, 0.717) is 11.5 Å². The molecule has 1 aliphatic heterocycles. The third-order valence-electron chi connectivity index (χ3n) is 7.97. The lowest BCUT2D eigenvalue weighted by Crippen LogP contribution is -2.43. The number of aryl methyl sites for hydroxylation is 2. The number of anilines is 1. The topological polar surface area (TPSA) is 126 Å². The second-order valence-electron chi connectivity index (χ2n) is 10.8. The van der Waals surface area contributed by atoms with E-state index >= 15 is 0 Å². The van der Waals surface area contributed by atoms with Crippen molar-refractivity contribution >= 4 is 23.3 Å². The van der Waals surface area contributed by atoms with E-state index in [1.807, 2.05) is 42.5 Å². The number of carbonyl (C=O) groups is 3. The van der Waals surface area contributed by atoms with Crippen molar-refractivity contribution in [1.82, 2.24) is 10.3 Å². The number of piperidine rings is 1. The lowest BCUT2D eigenvalue weighted by Gasteiger charge is -2.36. The number of aromatic nitrogens is 1. The molecule has 1 aliphatic rings. The lowest BCUT2D eigenvalue weighted by molar-refractivity contribution is -0.139. The number of benzene rings is 2. The van der Waals surface area contributed by atoms with E-state index < -0.39 is 35.4 Å². The fraction of sp³-hybridized carbons (Fsp3) is 0.375. The van der Waals surface area contributed by atoms with Crippen molar-refractivity contribution in [2.75, 3.05) is 18.0 Å². The summed E-state index contributed by atoms with van der Waals surface area (Å²) >= 11 is 0. The Hall–Kier alpha value is -4.25. The normalized spacial score (nSPS) is 15.5. The Morgan fingerprint density at radius 2 is 1.77 bits per heavy atom. The van der Waals surface area contributed by atoms with Crippen LogP contribution in [0.2, 0.25) is 0 Å². The van der Waals surface area contributed by atoms with Crippen molar-refractivity contribution < 1.29 is 32.7 Å². The summed E-state index contributed by atoms with van der Waals surface area (Å²) in [6.07, 6.45) is -1.29. The molecule has 0 saturated carbocycles. The van der Waals surface area contributed by atoms with Crippen molar-refractivity contribution in [3.63, 3.8) is 0 Å². The van der Waals surface area contributed by atoms with Crippen LogP contribution in [0.25, 0.3) is 0 Å². The highest BCUT2D eigenvalue weighted by atomic mass is 19.4. The summed E-state index contributed by atoms with van der Waals surface area (Å²) in [5, 5.41) is 12.3. The van der Waals surface area contributed by atoms with Crippen LogP contribution in [-0.4, -0.2) is 53.1 Å². The van der Waals surface area contributed by atoms with Crippen LogP contribution in [0.5, 0.6) is 0 Å². The number of ketones is 1. The minimum atomic E-state index is -5.05. The molecular weight excluding hydrogens is 561 g/mol. The predicted octanol–water partition coefficient (Wildman–Crippen LogP) is 5.04. The summed E-state index contributed by atoms with van der Waals surface area (Å²) in [5.41, 5.74) is 8.93. The number of carbonyl (C=O) groups excluding carboxylic acids is 2. The van der Waals surface area contributed by atoms with Gasteiger partial charge in [-0.05, 0) is 85.2 Å². The second kappa shape index (κ2) is 13.4. The standard InChI is InChI=1S/C32H35F3N4O4/c1-3-21-18-23(29(40)32(33,34)35)16-19(2)27(21)30(41)38-26(31(42)43)17-20-7-9-24(10-8-20)39-14-11-22(12-15-39)28(36)25-6-4-5-13-37-25/h4-10,13,16,18,22,26,28H,3,11-12,14-15,17,36H2,1-2H3,(H,38,41)(H,42,43). The SMILES string of the molecule is CCc1cc(C(=O)C(F)(F)F)cc(C)c1C(=O)NC(Cc1ccc(N2CCC(C(N)c3ccccn3)CC2)cc1)C(=O)O. The van der Waals surface area contributed by atoms with Crippen LogP contribution in [-0.2, 0) is 17.6 Å². The molecule has 4 N–H and O–H groups in total. The van der Waals surface area contributed by atoms with Gasteiger partial charge in [0.25, 0.3) is 11.7 Å². The van der Waals surface area contributed by atoms with Crippen molar-refractivity contribution in [3.8, 4) is 0 Å². The zero-order chi connectivity index (χ0) is 31.3. The average Bonchev–Trinajstić information content (AvgIpc) is 2.99. The molecule has 2 aromatic carbocycles. The molecule has 2 unspecified atom stereocenters.